The molecule has 1 aliphatic heterocycles. The second-order valence-corrected chi connectivity index (χ2v) is 4.51. The molecular weight excluding hydrogens is 291 g/mol. The maximum absolute atomic E-state index is 12.8. The van der Waals surface area contributed by atoms with Crippen LogP contribution in [-0.4, -0.2) is 43.5 Å². The van der Waals surface area contributed by atoms with Crippen molar-refractivity contribution in [1.82, 2.24) is 0 Å². The molecule has 1 unspecified atom stereocenters. The van der Waals surface area contributed by atoms with E-state index in [0.29, 0.717) is 19.8 Å². The fourth-order valence-electron chi connectivity index (χ4n) is 1.96. The van der Waals surface area contributed by atoms with Crippen LogP contribution in [0.3, 0.4) is 0 Å². The van der Waals surface area contributed by atoms with Crippen LogP contribution in [0.5, 0.6) is 0 Å². The molecule has 1 saturated heterocycles. The molecule has 1 heterocycles. The summed E-state index contributed by atoms with van der Waals surface area (Å²) in [5, 5.41) is 11.6. The Bertz CT molecular complexity index is 513. The number of carbonyl (C=O) groups is 1. The summed E-state index contributed by atoms with van der Waals surface area (Å²) in [6.07, 6.45) is -4.97. The van der Waals surface area contributed by atoms with Gasteiger partial charge in [0.1, 0.15) is 0 Å². The Morgan fingerprint density at radius 1 is 1.38 bits per heavy atom. The van der Waals surface area contributed by atoms with Crippen LogP contribution >= 0.6 is 0 Å². The van der Waals surface area contributed by atoms with E-state index in [4.69, 9.17) is 14.6 Å². The summed E-state index contributed by atoms with van der Waals surface area (Å²) in [4.78, 5) is 10.8. The summed E-state index contributed by atoms with van der Waals surface area (Å²) in [5.74, 6) is -1.61. The highest BCUT2D eigenvalue weighted by molar-refractivity contribution is 5.90. The van der Waals surface area contributed by atoms with Gasteiger partial charge in [-0.05, 0) is 18.2 Å². The smallest absolute Gasteiger partial charge is 0.417 e. The Balaban J connectivity index is 2.11. The van der Waals surface area contributed by atoms with E-state index in [0.717, 1.165) is 12.1 Å². The average molecular weight is 305 g/mol. The van der Waals surface area contributed by atoms with Crippen LogP contribution in [-0.2, 0) is 15.7 Å². The van der Waals surface area contributed by atoms with Crippen molar-refractivity contribution in [3.63, 3.8) is 0 Å². The van der Waals surface area contributed by atoms with Gasteiger partial charge in [0.2, 0.25) is 0 Å². The Hall–Kier alpha value is -1.80. The number of aromatic carboxylic acids is 1. The van der Waals surface area contributed by atoms with Crippen LogP contribution in [0.4, 0.5) is 18.9 Å². The van der Waals surface area contributed by atoms with E-state index in [1.165, 1.54) is 6.07 Å². The number of ether oxygens (including phenoxy) is 2. The van der Waals surface area contributed by atoms with E-state index in [-0.39, 0.29) is 18.3 Å². The molecule has 1 aliphatic rings. The first-order valence-electron chi connectivity index (χ1n) is 6.25. The van der Waals surface area contributed by atoms with E-state index in [1.54, 1.807) is 0 Å². The highest BCUT2D eigenvalue weighted by atomic mass is 19.4. The third kappa shape index (κ3) is 4.08. The van der Waals surface area contributed by atoms with Crippen LogP contribution < -0.4 is 5.32 Å². The Morgan fingerprint density at radius 2 is 2.14 bits per heavy atom. The van der Waals surface area contributed by atoms with Crippen LogP contribution in [0.15, 0.2) is 18.2 Å². The van der Waals surface area contributed by atoms with Gasteiger partial charge in [-0.2, -0.15) is 13.2 Å². The molecule has 0 amide bonds. The Labute approximate surface area is 118 Å². The third-order valence-corrected chi connectivity index (χ3v) is 2.97. The van der Waals surface area contributed by atoms with Crippen molar-refractivity contribution < 1.29 is 32.5 Å². The second kappa shape index (κ2) is 6.31. The minimum atomic E-state index is -4.73. The monoisotopic (exact) mass is 305 g/mol. The highest BCUT2D eigenvalue weighted by Gasteiger charge is 2.35. The number of hydrogen-bond acceptors (Lipinski definition) is 4. The fourth-order valence-corrected chi connectivity index (χ4v) is 1.96. The zero-order chi connectivity index (χ0) is 15.5. The number of alkyl halides is 3. The van der Waals surface area contributed by atoms with Crippen molar-refractivity contribution in [2.45, 2.75) is 12.3 Å². The number of nitrogens with one attached hydrogen (secondary N) is 1. The number of carboxylic acid groups (broad SMARTS) is 1. The number of hydrogen-bond donors (Lipinski definition) is 2. The van der Waals surface area contributed by atoms with Gasteiger partial charge < -0.3 is 19.9 Å². The lowest BCUT2D eigenvalue weighted by molar-refractivity contribution is -0.138. The molecule has 1 aromatic carbocycles. The molecule has 8 heteroatoms. The number of halogens is 3. The van der Waals surface area contributed by atoms with Gasteiger partial charge in [0.05, 0.1) is 37.1 Å². The maximum Gasteiger partial charge on any atom is 0.417 e. The van der Waals surface area contributed by atoms with Crippen molar-refractivity contribution in [1.29, 1.82) is 0 Å². The third-order valence-electron chi connectivity index (χ3n) is 2.97. The van der Waals surface area contributed by atoms with Gasteiger partial charge in [-0.15, -0.1) is 0 Å². The molecule has 2 rings (SSSR count). The van der Waals surface area contributed by atoms with Crippen molar-refractivity contribution in [2.75, 3.05) is 31.7 Å². The summed E-state index contributed by atoms with van der Waals surface area (Å²) in [7, 11) is 0. The van der Waals surface area contributed by atoms with Gasteiger partial charge in [0.25, 0.3) is 0 Å². The molecule has 1 fully saturated rings. The summed E-state index contributed by atoms with van der Waals surface area (Å²) >= 11 is 0. The van der Waals surface area contributed by atoms with Crippen molar-refractivity contribution in [2.24, 2.45) is 0 Å². The van der Waals surface area contributed by atoms with Gasteiger partial charge in [-0.25, -0.2) is 4.79 Å². The molecule has 5 nitrogen and oxygen atoms in total. The van der Waals surface area contributed by atoms with Gasteiger partial charge >= 0.3 is 12.1 Å². The first-order valence-corrected chi connectivity index (χ1v) is 6.25. The van der Waals surface area contributed by atoms with Crippen LogP contribution in [0.1, 0.15) is 15.9 Å². The minimum Gasteiger partial charge on any atom is -0.478 e. The first kappa shape index (κ1) is 15.6. The van der Waals surface area contributed by atoms with E-state index < -0.39 is 23.3 Å². The van der Waals surface area contributed by atoms with Crippen molar-refractivity contribution in [3.05, 3.63) is 29.3 Å². The van der Waals surface area contributed by atoms with Crippen molar-refractivity contribution in [3.8, 4) is 0 Å². The predicted octanol–water partition coefficient (Wildman–Crippen LogP) is 2.23. The molecule has 21 heavy (non-hydrogen) atoms. The Kier molecular flexibility index (Phi) is 4.69. The van der Waals surface area contributed by atoms with Crippen LogP contribution in [0.25, 0.3) is 0 Å². The zero-order valence-corrected chi connectivity index (χ0v) is 10.9. The topological polar surface area (TPSA) is 67.8 Å². The molecule has 116 valence electrons. The first-order chi connectivity index (χ1) is 9.88. The standard InChI is InChI=1S/C13H14F3NO4/c14-13(15,16)11-5-8(1-2-10(11)12(18)19)17-6-9-7-20-3-4-21-9/h1-2,5,9,17H,3-4,6-7H2,(H,18,19). The molecule has 0 bridgehead atoms. The summed E-state index contributed by atoms with van der Waals surface area (Å²) < 4.78 is 49.1. The fraction of sp³-hybridized carbons (Fsp3) is 0.462. The number of rotatable bonds is 4. The quantitative estimate of drug-likeness (QED) is 0.893. The molecule has 0 radical (unpaired) electrons. The van der Waals surface area contributed by atoms with E-state index in [1.807, 2.05) is 0 Å². The highest BCUT2D eigenvalue weighted by Crippen LogP contribution is 2.33. The Morgan fingerprint density at radius 3 is 2.71 bits per heavy atom. The molecule has 2 N–H and O–H groups in total. The van der Waals surface area contributed by atoms with Gasteiger partial charge in [-0.3, -0.25) is 0 Å². The van der Waals surface area contributed by atoms with Gasteiger partial charge in [0, 0.05) is 12.2 Å². The van der Waals surface area contributed by atoms with E-state index >= 15 is 0 Å². The number of anilines is 1. The predicted molar refractivity (Wildman–Crippen MR) is 67.5 cm³/mol. The van der Waals surface area contributed by atoms with Crippen LogP contribution in [0, 0.1) is 0 Å². The lowest BCUT2D eigenvalue weighted by Crippen LogP contribution is -2.34. The number of benzene rings is 1. The minimum absolute atomic E-state index is 0.182. The second-order valence-electron chi connectivity index (χ2n) is 4.51. The van der Waals surface area contributed by atoms with E-state index in [9.17, 15) is 18.0 Å². The molecule has 0 saturated carbocycles. The maximum atomic E-state index is 12.8. The normalized spacial score (nSPS) is 19.3. The lowest BCUT2D eigenvalue weighted by Gasteiger charge is -2.23. The van der Waals surface area contributed by atoms with Gasteiger partial charge in [-0.1, -0.05) is 0 Å². The largest absolute Gasteiger partial charge is 0.478 e. The number of carboxylic acids is 1. The summed E-state index contributed by atoms with van der Waals surface area (Å²) in [6, 6.07) is 3.02. The summed E-state index contributed by atoms with van der Waals surface area (Å²) in [5.41, 5.74) is -1.77. The lowest BCUT2D eigenvalue weighted by atomic mass is 10.1. The van der Waals surface area contributed by atoms with Crippen molar-refractivity contribution >= 4 is 11.7 Å². The SMILES string of the molecule is O=C(O)c1ccc(NCC2COCCO2)cc1C(F)(F)F. The van der Waals surface area contributed by atoms with E-state index in [2.05, 4.69) is 5.32 Å². The molecule has 1 atom stereocenters. The molecule has 0 aliphatic carbocycles. The van der Waals surface area contributed by atoms with Crippen LogP contribution in [0.2, 0.25) is 0 Å². The average Bonchev–Trinajstić information content (AvgIpc) is 2.45. The molecule has 0 spiro atoms. The molecule has 0 aromatic heterocycles. The summed E-state index contributed by atoms with van der Waals surface area (Å²) in [6.45, 7) is 1.59. The van der Waals surface area contributed by atoms with Gasteiger partial charge in [0.15, 0.2) is 0 Å². The molecular formula is C13H14F3NO4. The zero-order valence-electron chi connectivity index (χ0n) is 10.9. The molecule has 1 aromatic rings.